The van der Waals surface area contributed by atoms with Crippen molar-refractivity contribution < 1.29 is 0 Å². The van der Waals surface area contributed by atoms with Crippen LogP contribution in [0.4, 0.5) is 0 Å². The number of benzene rings is 2. The maximum Gasteiger partial charge on any atom is 0.261 e. The van der Waals surface area contributed by atoms with E-state index >= 15 is 0 Å². The van der Waals surface area contributed by atoms with E-state index in [0.29, 0.717) is 6.54 Å². The van der Waals surface area contributed by atoms with Crippen molar-refractivity contribution >= 4 is 49.8 Å². The highest BCUT2D eigenvalue weighted by atomic mass is 16.2. The first kappa shape index (κ1) is 51.0. The molecule has 3 aromatic heterocycles. The zero-order valence-electron chi connectivity index (χ0n) is 44.2. The molecule has 5 aromatic rings. The van der Waals surface area contributed by atoms with Crippen molar-refractivity contribution in [1.82, 2.24) is 24.3 Å². The third-order valence-electron chi connectivity index (χ3n) is 15.4. The Balaban J connectivity index is 1.03. The molecule has 5 aliphatic heterocycles. The van der Waals surface area contributed by atoms with Gasteiger partial charge in [0.15, 0.2) is 0 Å². The van der Waals surface area contributed by atoms with Gasteiger partial charge in [0.05, 0.1) is 67.9 Å². The van der Waals surface area contributed by atoms with E-state index in [0.717, 1.165) is 155 Å². The number of H-pyrrole nitrogens is 1. The van der Waals surface area contributed by atoms with E-state index in [2.05, 4.69) is 84.6 Å². The first-order valence-electron chi connectivity index (χ1n) is 27.8. The highest BCUT2D eigenvalue weighted by Crippen LogP contribution is 2.37. The number of aliphatic imine (C=N–C) groups is 3. The number of unbranched alkanes of at least 4 members (excludes halogenated alkanes) is 13. The molecule has 8 bridgehead atoms. The smallest absolute Gasteiger partial charge is 0.261 e. The Morgan fingerprint density at radius 1 is 0.480 bits per heavy atom. The largest absolute Gasteiger partial charge is 0.355 e. The highest BCUT2D eigenvalue weighted by molar-refractivity contribution is 6.34. The number of allylic oxidation sites excluding steroid dienone is 9. The van der Waals surface area contributed by atoms with Crippen molar-refractivity contribution in [3.8, 4) is 0 Å². The molecule has 0 amide bonds. The van der Waals surface area contributed by atoms with E-state index in [1.54, 1.807) is 0 Å². The summed E-state index contributed by atoms with van der Waals surface area (Å²) in [5, 5.41) is 4.18. The second-order valence-corrected chi connectivity index (χ2v) is 20.8. The molecule has 0 aliphatic carbocycles. The lowest BCUT2D eigenvalue weighted by Gasteiger charge is -2.17. The summed E-state index contributed by atoms with van der Waals surface area (Å²) < 4.78 is 2.48. The lowest BCUT2D eigenvalue weighted by Crippen LogP contribution is -2.26. The minimum absolute atomic E-state index is 0.0295. The third kappa shape index (κ3) is 10.5. The average Bonchev–Trinajstić information content (AvgIpc) is 4.32. The minimum atomic E-state index is -0.476. The predicted octanol–water partition coefficient (Wildman–Crippen LogP) is 12.4. The molecule has 0 saturated carbocycles. The zero-order chi connectivity index (χ0) is 52.0. The van der Waals surface area contributed by atoms with Gasteiger partial charge in [-0.15, -0.1) is 0 Å². The number of aromatic amines is 1. The number of hydrogen-bond acceptors (Lipinski definition) is 9. The summed E-state index contributed by atoms with van der Waals surface area (Å²) in [6, 6.07) is 15.2. The lowest BCUT2D eigenvalue weighted by molar-refractivity contribution is 0.547. The maximum absolute atomic E-state index is 14.0. The lowest BCUT2D eigenvalue weighted by atomic mass is 9.99. The van der Waals surface area contributed by atoms with Gasteiger partial charge in [-0.05, 0) is 104 Å². The Kier molecular flexibility index (Phi) is 15.6. The van der Waals surface area contributed by atoms with Gasteiger partial charge >= 0.3 is 0 Å². The first-order valence-corrected chi connectivity index (χ1v) is 27.8. The van der Waals surface area contributed by atoms with E-state index in [4.69, 9.17) is 15.0 Å². The van der Waals surface area contributed by atoms with E-state index in [9.17, 15) is 19.2 Å². The van der Waals surface area contributed by atoms with Gasteiger partial charge in [0.1, 0.15) is 5.82 Å². The summed E-state index contributed by atoms with van der Waals surface area (Å²) in [6.07, 6.45) is 36.1. The van der Waals surface area contributed by atoms with Crippen LogP contribution in [0.1, 0.15) is 159 Å². The summed E-state index contributed by atoms with van der Waals surface area (Å²) in [7, 11) is 2.04. The number of nitrogens with zero attached hydrogens (tertiary/aromatic N) is 6. The summed E-state index contributed by atoms with van der Waals surface area (Å²) in [4.78, 5) is 77.2. The molecule has 2 aromatic carbocycles. The Hall–Kier alpha value is -7.47. The van der Waals surface area contributed by atoms with Crippen LogP contribution in [-0.2, 0) is 13.1 Å². The van der Waals surface area contributed by atoms with Gasteiger partial charge in [0.2, 0.25) is 0 Å². The molecule has 2 N–H and O–H groups in total. The van der Waals surface area contributed by atoms with Crippen LogP contribution in [-0.4, -0.2) is 43.2 Å². The van der Waals surface area contributed by atoms with Gasteiger partial charge in [-0.3, -0.25) is 28.3 Å². The molecule has 0 radical (unpaired) electrons. The molecule has 0 fully saturated rings. The number of hydrogen-bond donors (Lipinski definition) is 2. The van der Waals surface area contributed by atoms with Crippen molar-refractivity contribution in [2.75, 3.05) is 7.05 Å². The van der Waals surface area contributed by atoms with E-state index in [1.807, 2.05) is 43.7 Å². The normalized spacial score (nSPS) is 17.1. The molecular weight excluding hydrogens is 933 g/mol. The van der Waals surface area contributed by atoms with Gasteiger partial charge in [0.25, 0.3) is 22.2 Å². The van der Waals surface area contributed by atoms with Crippen LogP contribution < -0.4 is 27.6 Å². The number of fused-ring (bicyclic) bond motifs is 7. The number of rotatable bonds is 22. The molecule has 12 heteroatoms. The van der Waals surface area contributed by atoms with Gasteiger partial charge in [-0.1, -0.05) is 129 Å². The van der Waals surface area contributed by atoms with Crippen molar-refractivity contribution in [2.45, 2.75) is 149 Å². The van der Waals surface area contributed by atoms with Crippen LogP contribution in [0.5, 0.6) is 0 Å². The molecule has 75 heavy (non-hydrogen) atoms. The standard InChI is InChI=1S/C63H70N8O4/c1-5-8-11-14-17-20-36-70-60(72)45-38-47-48(39-46(45)61(70)73)63(75)71(62(47)74)40-41-23-25-42(26-24-41)57-53-31-27-49(65-53)43(21-18-15-12-9-6-2)51-29-33-55(67-51)58(59-64-35-37-69(59)4)56-34-30-52(68-56)44(22-19-16-13-10-7-3)50-28-32-54(57)66-50/h23-35,37-39,64-65H,5-22,36,40H2,1-4H3/b51-43?,52-44?,57-54?,59-58+. The second-order valence-electron chi connectivity index (χ2n) is 20.8. The monoisotopic (exact) mass is 1000 g/mol. The molecule has 12 nitrogen and oxygen atoms in total. The quantitative estimate of drug-likeness (QED) is 0.0660. The first-order chi connectivity index (χ1) is 36.7. The van der Waals surface area contributed by atoms with Crippen molar-refractivity contribution in [3.05, 3.63) is 195 Å². The Morgan fingerprint density at radius 2 is 0.973 bits per heavy atom. The molecule has 386 valence electrons. The van der Waals surface area contributed by atoms with Gasteiger partial charge in [0, 0.05) is 54.1 Å². The van der Waals surface area contributed by atoms with Crippen LogP contribution in [0, 0.1) is 0 Å². The highest BCUT2D eigenvalue weighted by Gasteiger charge is 2.28. The van der Waals surface area contributed by atoms with Crippen molar-refractivity contribution in [3.63, 3.8) is 0 Å². The van der Waals surface area contributed by atoms with Gasteiger partial charge < -0.3 is 15.2 Å². The van der Waals surface area contributed by atoms with Gasteiger partial charge in [-0.2, -0.15) is 0 Å². The summed E-state index contributed by atoms with van der Waals surface area (Å²) in [5.74, 6) is 0.932. The van der Waals surface area contributed by atoms with Crippen molar-refractivity contribution in [2.24, 2.45) is 15.0 Å². The summed E-state index contributed by atoms with van der Waals surface area (Å²) in [5.41, 5.74) is 11.2. The molecule has 0 unspecified atom stereocenters. The maximum atomic E-state index is 14.0. The Labute approximate surface area is 439 Å². The van der Waals surface area contributed by atoms with E-state index < -0.39 is 22.2 Å². The fourth-order valence-corrected chi connectivity index (χ4v) is 11.2. The van der Waals surface area contributed by atoms with Crippen LogP contribution in [0.25, 0.3) is 32.7 Å². The molecule has 0 spiro atoms. The average molecular weight is 1000 g/mol. The number of nitrogens with one attached hydrogen (secondary N) is 2. The molecule has 10 rings (SSSR count). The second kappa shape index (κ2) is 23.0. The predicted molar refractivity (Wildman–Crippen MR) is 308 cm³/mol. The van der Waals surface area contributed by atoms with Gasteiger partial charge in [-0.25, -0.2) is 15.0 Å². The van der Waals surface area contributed by atoms with Crippen LogP contribution >= 0.6 is 0 Å². The molecule has 5 aliphatic rings. The fraction of sp³-hybridized carbons (Fsp3) is 0.381. The fourth-order valence-electron chi connectivity index (χ4n) is 11.2. The topological polar surface area (TPSA) is 146 Å². The van der Waals surface area contributed by atoms with E-state index in [1.165, 1.54) is 66.2 Å². The van der Waals surface area contributed by atoms with Crippen LogP contribution in [0.15, 0.2) is 166 Å². The molecule has 0 saturated heterocycles. The molecular formula is C63H70N8O4. The SMILES string of the molecule is CCCCCCCCn1c(=O)c2cc3c(=O)n(Cc4ccc(C5=C6C=CC(=N6)C(CCCCCCC)=C6C=CC(=N6)/C(=C6\NC=CN6C)C6=NC(=C(CCCCCCC)c7ccc5[nH]7)C=C6)cc4)c(=O)c3cc2c1=O. The van der Waals surface area contributed by atoms with Crippen LogP contribution in [0.2, 0.25) is 0 Å². The summed E-state index contributed by atoms with van der Waals surface area (Å²) >= 11 is 0. The summed E-state index contributed by atoms with van der Waals surface area (Å²) in [6.45, 7) is 7.01. The number of aromatic nitrogens is 3. The van der Waals surface area contributed by atoms with Crippen molar-refractivity contribution in [1.29, 1.82) is 0 Å². The Morgan fingerprint density at radius 3 is 1.56 bits per heavy atom. The molecule has 0 atom stereocenters. The van der Waals surface area contributed by atoms with E-state index in [-0.39, 0.29) is 28.1 Å². The zero-order valence-corrected chi connectivity index (χ0v) is 44.2. The Bertz CT molecular complexity index is 3520. The molecule has 8 heterocycles. The minimum Gasteiger partial charge on any atom is -0.355 e. The third-order valence-corrected chi connectivity index (χ3v) is 15.4. The van der Waals surface area contributed by atoms with Crippen LogP contribution in [0.3, 0.4) is 0 Å².